The molecule has 0 aromatic carbocycles. The Kier molecular flexibility index (Phi) is 2.94. The van der Waals surface area contributed by atoms with Gasteiger partial charge in [0.25, 0.3) is 0 Å². The molecule has 3 N–H and O–H groups in total. The van der Waals surface area contributed by atoms with E-state index in [1.807, 2.05) is 12.1 Å². The van der Waals surface area contributed by atoms with Crippen molar-refractivity contribution in [2.45, 2.75) is 25.7 Å². The van der Waals surface area contributed by atoms with Crippen molar-refractivity contribution < 1.29 is 0 Å². The van der Waals surface area contributed by atoms with Gasteiger partial charge < -0.3 is 10.6 Å². The number of amidine groups is 1. The normalized spacial score (nSPS) is 18.7. The molecule has 0 unspecified atom stereocenters. The van der Waals surface area contributed by atoms with E-state index in [9.17, 15) is 0 Å². The first-order chi connectivity index (χ1) is 8.72. The molecule has 0 bridgehead atoms. The van der Waals surface area contributed by atoms with Crippen LogP contribution in [0, 0.1) is 17.2 Å². The highest BCUT2D eigenvalue weighted by Gasteiger charge is 2.29. The maximum absolute atomic E-state index is 7.48. The highest BCUT2D eigenvalue weighted by atomic mass is 15.1. The molecule has 0 atom stereocenters. The van der Waals surface area contributed by atoms with Crippen molar-refractivity contribution in [1.82, 2.24) is 4.98 Å². The average Bonchev–Trinajstić information content (AvgIpc) is 3.23. The van der Waals surface area contributed by atoms with Crippen molar-refractivity contribution in [1.29, 1.82) is 5.41 Å². The van der Waals surface area contributed by atoms with Gasteiger partial charge in [0.05, 0.1) is 0 Å². The zero-order valence-electron chi connectivity index (χ0n) is 10.6. The van der Waals surface area contributed by atoms with Gasteiger partial charge in [-0.15, -0.1) is 0 Å². The molecule has 2 saturated carbocycles. The van der Waals surface area contributed by atoms with Crippen LogP contribution in [-0.4, -0.2) is 23.9 Å². The Morgan fingerprint density at radius 1 is 1.28 bits per heavy atom. The Labute approximate surface area is 108 Å². The lowest BCUT2D eigenvalue weighted by atomic mass is 10.2. The number of nitrogen functional groups attached to an aromatic ring is 1. The Morgan fingerprint density at radius 2 is 1.89 bits per heavy atom. The Balaban J connectivity index is 1.77. The molecule has 0 spiro atoms. The number of nitrogens with zero attached hydrogens (tertiary/aromatic N) is 2. The second-order valence-electron chi connectivity index (χ2n) is 5.60. The third kappa shape index (κ3) is 2.81. The number of pyridine rings is 1. The number of rotatable bonds is 6. The molecule has 2 aliphatic carbocycles. The van der Waals surface area contributed by atoms with Crippen LogP contribution in [0.5, 0.6) is 0 Å². The summed E-state index contributed by atoms with van der Waals surface area (Å²) in [6.07, 6.45) is 7.23. The Bertz CT molecular complexity index is 435. The van der Waals surface area contributed by atoms with E-state index in [2.05, 4.69) is 9.88 Å². The number of hydrogen-bond donors (Lipinski definition) is 2. The quantitative estimate of drug-likeness (QED) is 0.594. The number of aromatic nitrogens is 1. The topological polar surface area (TPSA) is 66.0 Å². The van der Waals surface area contributed by atoms with Gasteiger partial charge in [-0.25, -0.2) is 0 Å². The van der Waals surface area contributed by atoms with E-state index in [0.717, 1.165) is 24.9 Å². The van der Waals surface area contributed by atoms with Crippen LogP contribution in [0.4, 0.5) is 5.69 Å². The molecule has 18 heavy (non-hydrogen) atoms. The molecular formula is C14H20N4. The van der Waals surface area contributed by atoms with E-state index < -0.39 is 0 Å². The van der Waals surface area contributed by atoms with Crippen molar-refractivity contribution in [3.8, 4) is 0 Å². The summed E-state index contributed by atoms with van der Waals surface area (Å²) in [5, 5.41) is 7.48. The maximum Gasteiger partial charge on any atom is 0.141 e. The Hall–Kier alpha value is -1.58. The second-order valence-corrected chi connectivity index (χ2v) is 5.60. The fourth-order valence-corrected chi connectivity index (χ4v) is 2.27. The first kappa shape index (κ1) is 11.5. The number of anilines is 1. The molecule has 1 aromatic heterocycles. The molecule has 2 aliphatic rings. The van der Waals surface area contributed by atoms with Crippen LogP contribution in [0.25, 0.3) is 0 Å². The first-order valence-corrected chi connectivity index (χ1v) is 6.78. The van der Waals surface area contributed by atoms with Gasteiger partial charge in [0.15, 0.2) is 0 Å². The molecule has 3 rings (SSSR count). The van der Waals surface area contributed by atoms with Crippen LogP contribution >= 0.6 is 0 Å². The molecule has 1 aromatic rings. The summed E-state index contributed by atoms with van der Waals surface area (Å²) in [5.74, 6) is 1.80. The van der Waals surface area contributed by atoms with Gasteiger partial charge in [0.1, 0.15) is 11.5 Å². The van der Waals surface area contributed by atoms with Crippen LogP contribution in [0.2, 0.25) is 0 Å². The van der Waals surface area contributed by atoms with Gasteiger partial charge in [-0.3, -0.25) is 10.4 Å². The molecule has 4 nitrogen and oxygen atoms in total. The van der Waals surface area contributed by atoms with Gasteiger partial charge in [-0.1, -0.05) is 0 Å². The molecule has 4 heteroatoms. The highest BCUT2D eigenvalue weighted by Crippen LogP contribution is 2.35. The summed E-state index contributed by atoms with van der Waals surface area (Å²) in [6.45, 7) is 2.30. The Morgan fingerprint density at radius 3 is 2.39 bits per heavy atom. The zero-order valence-corrected chi connectivity index (χ0v) is 10.6. The fraction of sp³-hybridized carbons (Fsp3) is 0.571. The van der Waals surface area contributed by atoms with Gasteiger partial charge in [-0.05, 0) is 49.7 Å². The van der Waals surface area contributed by atoms with Crippen LogP contribution in [0.3, 0.4) is 0 Å². The lowest BCUT2D eigenvalue weighted by Gasteiger charge is -2.25. The highest BCUT2D eigenvalue weighted by molar-refractivity contribution is 5.93. The SMILES string of the molecule is N=C(N)c1cc(N(CC2CC2)CC2CC2)ccn1. The maximum atomic E-state index is 7.48. The van der Waals surface area contributed by atoms with Crippen molar-refractivity contribution in [2.75, 3.05) is 18.0 Å². The smallest absolute Gasteiger partial charge is 0.141 e. The van der Waals surface area contributed by atoms with Crippen LogP contribution in [-0.2, 0) is 0 Å². The second kappa shape index (κ2) is 4.59. The molecule has 1 heterocycles. The standard InChI is InChI=1S/C14H20N4/c15-14(16)13-7-12(5-6-17-13)18(8-10-1-2-10)9-11-3-4-11/h5-7,10-11H,1-4,8-9H2,(H3,15,16). The number of nitrogens with one attached hydrogen (secondary N) is 1. The lowest BCUT2D eigenvalue weighted by Crippen LogP contribution is -2.28. The molecule has 2 fully saturated rings. The predicted octanol–water partition coefficient (Wildman–Crippen LogP) is 1.99. The third-order valence-corrected chi connectivity index (χ3v) is 3.74. The first-order valence-electron chi connectivity index (χ1n) is 6.78. The van der Waals surface area contributed by atoms with Crippen LogP contribution in [0.1, 0.15) is 31.4 Å². The number of hydrogen-bond acceptors (Lipinski definition) is 3. The molecule has 0 aliphatic heterocycles. The lowest BCUT2D eigenvalue weighted by molar-refractivity contribution is 0.679. The molecule has 0 saturated heterocycles. The third-order valence-electron chi connectivity index (χ3n) is 3.74. The predicted molar refractivity (Wildman–Crippen MR) is 72.9 cm³/mol. The van der Waals surface area contributed by atoms with Crippen molar-refractivity contribution in [2.24, 2.45) is 17.6 Å². The van der Waals surface area contributed by atoms with Gasteiger partial charge >= 0.3 is 0 Å². The summed E-state index contributed by atoms with van der Waals surface area (Å²) in [5.41, 5.74) is 7.27. The minimum absolute atomic E-state index is 0.0506. The number of nitrogens with two attached hydrogens (primary N) is 1. The van der Waals surface area contributed by atoms with Crippen molar-refractivity contribution in [3.05, 3.63) is 24.0 Å². The van der Waals surface area contributed by atoms with E-state index in [1.54, 1.807) is 6.20 Å². The molecule has 0 radical (unpaired) electrons. The van der Waals surface area contributed by atoms with E-state index in [0.29, 0.717) is 5.69 Å². The van der Waals surface area contributed by atoms with E-state index in [-0.39, 0.29) is 5.84 Å². The monoisotopic (exact) mass is 244 g/mol. The van der Waals surface area contributed by atoms with Gasteiger partial charge in [0, 0.05) is 25.0 Å². The van der Waals surface area contributed by atoms with E-state index in [1.165, 1.54) is 31.4 Å². The largest absolute Gasteiger partial charge is 0.382 e. The minimum Gasteiger partial charge on any atom is -0.382 e. The minimum atomic E-state index is 0.0506. The van der Waals surface area contributed by atoms with Crippen LogP contribution < -0.4 is 10.6 Å². The summed E-state index contributed by atoms with van der Waals surface area (Å²) in [6, 6.07) is 3.99. The van der Waals surface area contributed by atoms with Crippen molar-refractivity contribution >= 4 is 11.5 Å². The average molecular weight is 244 g/mol. The van der Waals surface area contributed by atoms with E-state index in [4.69, 9.17) is 11.1 Å². The summed E-state index contributed by atoms with van der Waals surface area (Å²) >= 11 is 0. The van der Waals surface area contributed by atoms with Crippen molar-refractivity contribution in [3.63, 3.8) is 0 Å². The van der Waals surface area contributed by atoms with Crippen LogP contribution in [0.15, 0.2) is 18.3 Å². The van der Waals surface area contributed by atoms with E-state index >= 15 is 0 Å². The fourth-order valence-electron chi connectivity index (χ4n) is 2.27. The summed E-state index contributed by atoms with van der Waals surface area (Å²) in [7, 11) is 0. The summed E-state index contributed by atoms with van der Waals surface area (Å²) < 4.78 is 0. The summed E-state index contributed by atoms with van der Waals surface area (Å²) in [4.78, 5) is 6.60. The molecule has 96 valence electrons. The van der Waals surface area contributed by atoms with Gasteiger partial charge in [-0.2, -0.15) is 0 Å². The zero-order chi connectivity index (χ0) is 12.5. The molecule has 0 amide bonds. The molecular weight excluding hydrogens is 224 g/mol. The van der Waals surface area contributed by atoms with Gasteiger partial charge in [0.2, 0.25) is 0 Å².